The molecular weight excluding hydrogens is 210 g/mol. The third-order valence-electron chi connectivity index (χ3n) is 1.69. The van der Waals surface area contributed by atoms with E-state index in [0.29, 0.717) is 25.8 Å². The van der Waals surface area contributed by atoms with Gasteiger partial charge in [0, 0.05) is 19.3 Å². The molecule has 0 aliphatic carbocycles. The second-order valence-corrected chi connectivity index (χ2v) is 5.33. The molecule has 0 fully saturated rings. The van der Waals surface area contributed by atoms with Gasteiger partial charge >= 0.3 is 8.80 Å². The van der Waals surface area contributed by atoms with Gasteiger partial charge in [-0.2, -0.15) is 0 Å². The molecule has 0 amide bonds. The Hall–Kier alpha value is 0.0569. The van der Waals surface area contributed by atoms with Crippen molar-refractivity contribution in [1.29, 1.82) is 0 Å². The minimum absolute atomic E-state index is 0.505. The van der Waals surface area contributed by atoms with Gasteiger partial charge < -0.3 is 19.4 Å². The van der Waals surface area contributed by atoms with Gasteiger partial charge in [-0.15, -0.1) is 0 Å². The monoisotopic (exact) mass is 237 g/mol. The van der Waals surface area contributed by atoms with Crippen molar-refractivity contribution in [2.24, 2.45) is 5.73 Å². The van der Waals surface area contributed by atoms with Gasteiger partial charge in [0.05, 0.1) is 0 Å². The zero-order valence-corrected chi connectivity index (χ0v) is 11.6. The molecule has 0 saturated carbocycles. The van der Waals surface area contributed by atoms with Crippen LogP contribution in [0.3, 0.4) is 0 Å². The second kappa shape index (κ2) is 12.1. The van der Waals surface area contributed by atoms with Crippen LogP contribution in [-0.2, 0) is 8.85 Å². The lowest BCUT2D eigenvalue weighted by molar-refractivity contribution is 0.107. The smallest absolute Gasteiger partial charge is 0.390 e. The molecule has 0 aliphatic heterocycles. The lowest BCUT2D eigenvalue weighted by Gasteiger charge is -2.22. The summed E-state index contributed by atoms with van der Waals surface area (Å²) in [5, 5.41) is 0. The van der Waals surface area contributed by atoms with Crippen LogP contribution in [0.15, 0.2) is 0 Å². The summed E-state index contributed by atoms with van der Waals surface area (Å²) < 4.78 is 10.5. The summed E-state index contributed by atoms with van der Waals surface area (Å²) >= 11 is 0. The first-order chi connectivity index (χ1) is 7.18. The standard InChI is InChI=1S/C8H21NO3Si.C2H6/c1-3-11-13(10,12-4-2)8-6-5-7-9;1-2/h10H,3-9H2,1-2H3;1-2H3. The third-order valence-corrected chi connectivity index (χ3v) is 4.15. The molecule has 15 heavy (non-hydrogen) atoms. The summed E-state index contributed by atoms with van der Waals surface area (Å²) in [6.07, 6.45) is 1.79. The predicted octanol–water partition coefficient (Wildman–Crippen LogP) is 1.76. The number of hydrogen-bond donors (Lipinski definition) is 2. The Morgan fingerprint density at radius 1 is 1.07 bits per heavy atom. The van der Waals surface area contributed by atoms with Crippen molar-refractivity contribution in [3.05, 3.63) is 0 Å². The van der Waals surface area contributed by atoms with E-state index in [4.69, 9.17) is 14.6 Å². The van der Waals surface area contributed by atoms with Gasteiger partial charge in [0.2, 0.25) is 0 Å². The van der Waals surface area contributed by atoms with E-state index in [9.17, 15) is 4.80 Å². The summed E-state index contributed by atoms with van der Waals surface area (Å²) in [7, 11) is -2.84. The van der Waals surface area contributed by atoms with Crippen LogP contribution >= 0.6 is 0 Å². The molecule has 0 saturated heterocycles. The zero-order valence-electron chi connectivity index (χ0n) is 10.6. The largest absolute Gasteiger partial charge is 0.498 e. The van der Waals surface area contributed by atoms with Crippen LogP contribution < -0.4 is 5.73 Å². The van der Waals surface area contributed by atoms with E-state index in [-0.39, 0.29) is 0 Å². The molecular formula is C10H27NO3Si. The zero-order chi connectivity index (χ0) is 12.2. The topological polar surface area (TPSA) is 64.7 Å². The first kappa shape index (κ1) is 17.5. The van der Waals surface area contributed by atoms with Gasteiger partial charge in [0.15, 0.2) is 0 Å². The van der Waals surface area contributed by atoms with Crippen LogP contribution in [0.1, 0.15) is 40.5 Å². The minimum atomic E-state index is -2.84. The minimum Gasteiger partial charge on any atom is -0.390 e. The fourth-order valence-electron chi connectivity index (χ4n) is 1.13. The highest BCUT2D eigenvalue weighted by atomic mass is 28.4. The Kier molecular flexibility index (Phi) is 14.1. The predicted molar refractivity (Wildman–Crippen MR) is 65.7 cm³/mol. The van der Waals surface area contributed by atoms with Crippen molar-refractivity contribution in [3.63, 3.8) is 0 Å². The van der Waals surface area contributed by atoms with Gasteiger partial charge in [-0.05, 0) is 33.2 Å². The van der Waals surface area contributed by atoms with Gasteiger partial charge in [-0.1, -0.05) is 13.8 Å². The Balaban J connectivity index is 0. The Labute approximate surface area is 95.1 Å². The van der Waals surface area contributed by atoms with Crippen molar-refractivity contribution >= 4 is 8.80 Å². The molecule has 0 aromatic carbocycles. The summed E-state index contributed by atoms with van der Waals surface area (Å²) in [5.74, 6) is 0. The molecule has 0 bridgehead atoms. The maximum atomic E-state index is 9.89. The van der Waals surface area contributed by atoms with Crippen LogP contribution in [0.5, 0.6) is 0 Å². The number of rotatable bonds is 8. The van der Waals surface area contributed by atoms with Crippen molar-refractivity contribution in [2.45, 2.75) is 46.6 Å². The maximum Gasteiger partial charge on any atom is 0.498 e. The van der Waals surface area contributed by atoms with Crippen LogP contribution in [0.4, 0.5) is 0 Å². The summed E-state index contributed by atoms with van der Waals surface area (Å²) in [4.78, 5) is 9.89. The molecule has 0 aromatic rings. The van der Waals surface area contributed by atoms with E-state index < -0.39 is 8.80 Å². The lowest BCUT2D eigenvalue weighted by atomic mass is 10.3. The first-order valence-corrected chi connectivity index (χ1v) is 7.86. The Morgan fingerprint density at radius 3 is 1.87 bits per heavy atom. The molecule has 0 unspecified atom stereocenters. The first-order valence-electron chi connectivity index (χ1n) is 5.89. The number of hydrogen-bond acceptors (Lipinski definition) is 4. The normalized spacial score (nSPS) is 10.8. The lowest BCUT2D eigenvalue weighted by Crippen LogP contribution is -2.42. The molecule has 0 radical (unpaired) electrons. The van der Waals surface area contributed by atoms with Crippen molar-refractivity contribution in [3.8, 4) is 0 Å². The average molecular weight is 237 g/mol. The van der Waals surface area contributed by atoms with E-state index in [2.05, 4.69) is 0 Å². The summed E-state index contributed by atoms with van der Waals surface area (Å²) in [6.45, 7) is 9.39. The Morgan fingerprint density at radius 2 is 1.53 bits per heavy atom. The SMILES string of the molecule is CC.CCO[Si](O)(CCCCN)OCC. The highest BCUT2D eigenvalue weighted by Gasteiger charge is 2.35. The summed E-state index contributed by atoms with van der Waals surface area (Å²) in [6, 6.07) is 0.617. The van der Waals surface area contributed by atoms with Gasteiger partial charge in [0.1, 0.15) is 0 Å². The van der Waals surface area contributed by atoms with Gasteiger partial charge in [-0.25, -0.2) is 0 Å². The molecule has 0 atom stereocenters. The van der Waals surface area contributed by atoms with Crippen molar-refractivity contribution < 1.29 is 13.6 Å². The molecule has 3 N–H and O–H groups in total. The maximum absolute atomic E-state index is 9.89. The fourth-order valence-corrected chi connectivity index (χ4v) is 3.10. The van der Waals surface area contributed by atoms with E-state index in [0.717, 1.165) is 12.8 Å². The number of nitrogens with two attached hydrogens (primary N) is 1. The van der Waals surface area contributed by atoms with E-state index >= 15 is 0 Å². The van der Waals surface area contributed by atoms with Crippen LogP contribution in [0.2, 0.25) is 6.04 Å². The van der Waals surface area contributed by atoms with E-state index in [1.54, 1.807) is 0 Å². The van der Waals surface area contributed by atoms with E-state index in [1.165, 1.54) is 0 Å². The van der Waals surface area contributed by atoms with Gasteiger partial charge in [0.25, 0.3) is 0 Å². The fraction of sp³-hybridized carbons (Fsp3) is 1.00. The second-order valence-electron chi connectivity index (χ2n) is 2.82. The summed E-state index contributed by atoms with van der Waals surface area (Å²) in [5.41, 5.74) is 5.36. The molecule has 0 aliphatic rings. The molecule has 0 aromatic heterocycles. The van der Waals surface area contributed by atoms with Crippen molar-refractivity contribution in [2.75, 3.05) is 19.8 Å². The molecule has 0 heterocycles. The van der Waals surface area contributed by atoms with Gasteiger partial charge in [-0.3, -0.25) is 0 Å². The van der Waals surface area contributed by atoms with Crippen LogP contribution in [-0.4, -0.2) is 33.4 Å². The highest BCUT2D eigenvalue weighted by Crippen LogP contribution is 2.13. The third kappa shape index (κ3) is 10.3. The molecule has 0 spiro atoms. The average Bonchev–Trinajstić information content (AvgIpc) is 2.22. The molecule has 5 heteroatoms. The molecule has 4 nitrogen and oxygen atoms in total. The molecule has 0 rings (SSSR count). The quantitative estimate of drug-likeness (QED) is 0.499. The number of unbranched alkanes of at least 4 members (excludes halogenated alkanes) is 1. The van der Waals surface area contributed by atoms with Crippen molar-refractivity contribution in [1.82, 2.24) is 0 Å². The van der Waals surface area contributed by atoms with Crippen LogP contribution in [0, 0.1) is 0 Å². The Bertz CT molecular complexity index is 119. The molecule has 94 valence electrons. The van der Waals surface area contributed by atoms with E-state index in [1.807, 2.05) is 27.7 Å². The van der Waals surface area contributed by atoms with Crippen LogP contribution in [0.25, 0.3) is 0 Å². The highest BCUT2D eigenvalue weighted by molar-refractivity contribution is 6.59.